The van der Waals surface area contributed by atoms with Crippen LogP contribution in [0.2, 0.25) is 0 Å². The van der Waals surface area contributed by atoms with Crippen LogP contribution in [0.5, 0.6) is 0 Å². The first-order valence-electron chi connectivity index (χ1n) is 7.84. The third-order valence-corrected chi connectivity index (χ3v) is 5.55. The van der Waals surface area contributed by atoms with Crippen LogP contribution in [0.25, 0.3) is 11.3 Å². The van der Waals surface area contributed by atoms with E-state index in [1.165, 1.54) is 11.8 Å². The smallest absolute Gasteiger partial charge is 0.211 e. The fourth-order valence-corrected chi connectivity index (χ4v) is 3.93. The maximum absolute atomic E-state index is 11.7. The van der Waals surface area contributed by atoms with Crippen molar-refractivity contribution in [2.45, 2.75) is 26.3 Å². The molecule has 1 aromatic carbocycles. The van der Waals surface area contributed by atoms with Gasteiger partial charge in [0.1, 0.15) is 5.69 Å². The fourth-order valence-electron chi connectivity index (χ4n) is 2.99. The van der Waals surface area contributed by atoms with Gasteiger partial charge in [0.15, 0.2) is 0 Å². The highest BCUT2D eigenvalue weighted by atomic mass is 32.2. The van der Waals surface area contributed by atoms with Crippen molar-refractivity contribution in [3.8, 4) is 11.3 Å². The molecule has 1 unspecified atom stereocenters. The van der Waals surface area contributed by atoms with Crippen molar-refractivity contribution in [2.75, 3.05) is 19.3 Å². The second-order valence-corrected chi connectivity index (χ2v) is 8.30. The molecule has 1 saturated heterocycles. The number of hydrogen-bond acceptors (Lipinski definition) is 4. The van der Waals surface area contributed by atoms with E-state index in [-0.39, 0.29) is 5.92 Å². The Labute approximate surface area is 137 Å². The van der Waals surface area contributed by atoms with E-state index in [1.54, 1.807) is 4.31 Å². The number of aromatic nitrogens is 3. The van der Waals surface area contributed by atoms with Crippen LogP contribution in [0.4, 0.5) is 0 Å². The Morgan fingerprint density at radius 1 is 1.26 bits per heavy atom. The van der Waals surface area contributed by atoms with Gasteiger partial charge in [0, 0.05) is 25.2 Å². The lowest BCUT2D eigenvalue weighted by molar-refractivity contribution is 0.239. The highest BCUT2D eigenvalue weighted by Crippen LogP contribution is 2.21. The number of hydrogen-bond donors (Lipinski definition) is 0. The van der Waals surface area contributed by atoms with Gasteiger partial charge in [-0.25, -0.2) is 12.7 Å². The molecule has 23 heavy (non-hydrogen) atoms. The van der Waals surface area contributed by atoms with Crippen LogP contribution >= 0.6 is 0 Å². The summed E-state index contributed by atoms with van der Waals surface area (Å²) in [7, 11) is -3.10. The van der Waals surface area contributed by atoms with Gasteiger partial charge in [0.2, 0.25) is 10.0 Å². The molecule has 0 amide bonds. The number of rotatable bonds is 4. The summed E-state index contributed by atoms with van der Waals surface area (Å²) in [6.45, 7) is 3.95. The zero-order chi connectivity index (χ0) is 16.4. The van der Waals surface area contributed by atoms with E-state index in [2.05, 4.69) is 29.4 Å². The monoisotopic (exact) mass is 334 g/mol. The molecule has 2 heterocycles. The molecule has 0 saturated carbocycles. The molecule has 2 aromatic rings. The average molecular weight is 334 g/mol. The van der Waals surface area contributed by atoms with Gasteiger partial charge < -0.3 is 0 Å². The van der Waals surface area contributed by atoms with Gasteiger partial charge in [-0.1, -0.05) is 35.0 Å². The summed E-state index contributed by atoms with van der Waals surface area (Å²) in [6.07, 6.45) is 5.13. The van der Waals surface area contributed by atoms with Gasteiger partial charge in [-0.2, -0.15) is 0 Å². The van der Waals surface area contributed by atoms with Gasteiger partial charge in [-0.05, 0) is 25.7 Å². The average Bonchev–Trinajstić information content (AvgIpc) is 2.96. The molecule has 0 spiro atoms. The largest absolute Gasteiger partial charge is 0.252 e. The van der Waals surface area contributed by atoms with Gasteiger partial charge in [0.25, 0.3) is 0 Å². The van der Waals surface area contributed by atoms with Crippen LogP contribution in [0.1, 0.15) is 18.4 Å². The fraction of sp³-hybridized carbons (Fsp3) is 0.500. The Kier molecular flexibility index (Phi) is 4.50. The van der Waals surface area contributed by atoms with Crippen molar-refractivity contribution in [1.82, 2.24) is 19.3 Å². The molecule has 0 radical (unpaired) electrons. The van der Waals surface area contributed by atoms with E-state index in [9.17, 15) is 8.42 Å². The topological polar surface area (TPSA) is 68.1 Å². The van der Waals surface area contributed by atoms with Crippen molar-refractivity contribution in [2.24, 2.45) is 5.92 Å². The third kappa shape index (κ3) is 3.97. The summed E-state index contributed by atoms with van der Waals surface area (Å²) < 4.78 is 26.8. The molecule has 3 rings (SSSR count). The van der Waals surface area contributed by atoms with Crippen molar-refractivity contribution < 1.29 is 8.42 Å². The van der Waals surface area contributed by atoms with E-state index in [1.807, 2.05) is 23.0 Å². The maximum Gasteiger partial charge on any atom is 0.211 e. The number of sulfonamides is 1. The lowest BCUT2D eigenvalue weighted by atomic mass is 10.00. The van der Waals surface area contributed by atoms with Crippen LogP contribution in [-0.4, -0.2) is 47.1 Å². The van der Waals surface area contributed by atoms with Crippen LogP contribution in [0, 0.1) is 12.8 Å². The van der Waals surface area contributed by atoms with E-state index >= 15 is 0 Å². The maximum atomic E-state index is 11.7. The zero-order valence-electron chi connectivity index (χ0n) is 13.5. The zero-order valence-corrected chi connectivity index (χ0v) is 14.3. The van der Waals surface area contributed by atoms with Crippen LogP contribution < -0.4 is 0 Å². The Morgan fingerprint density at radius 3 is 2.70 bits per heavy atom. The van der Waals surface area contributed by atoms with Crippen LogP contribution in [0.15, 0.2) is 30.5 Å². The normalized spacial score (nSPS) is 19.8. The molecule has 0 bridgehead atoms. The predicted molar refractivity (Wildman–Crippen MR) is 89.3 cm³/mol. The van der Waals surface area contributed by atoms with Crippen LogP contribution in [-0.2, 0) is 16.6 Å². The van der Waals surface area contributed by atoms with Gasteiger partial charge in [-0.15, -0.1) is 5.10 Å². The van der Waals surface area contributed by atoms with Gasteiger partial charge >= 0.3 is 0 Å². The minimum atomic E-state index is -3.10. The standard InChI is InChI=1S/C16H22N4O2S/c1-13-5-7-15(8-6-13)16-12-19(18-17-16)10-14-4-3-9-20(11-14)23(2,21)22/h5-8,12,14H,3-4,9-11H2,1-2H3. The highest BCUT2D eigenvalue weighted by Gasteiger charge is 2.26. The Hall–Kier alpha value is -1.73. The van der Waals surface area contributed by atoms with E-state index in [0.717, 1.165) is 24.1 Å². The molecule has 1 aromatic heterocycles. The Bertz CT molecular complexity index is 768. The second-order valence-electron chi connectivity index (χ2n) is 6.32. The number of benzene rings is 1. The predicted octanol–water partition coefficient (Wildman–Crippen LogP) is 1.93. The summed E-state index contributed by atoms with van der Waals surface area (Å²) in [5, 5.41) is 8.43. The van der Waals surface area contributed by atoms with Gasteiger partial charge in [0.05, 0.1) is 12.5 Å². The molecule has 1 fully saturated rings. The minimum absolute atomic E-state index is 0.283. The Morgan fingerprint density at radius 2 is 2.00 bits per heavy atom. The van der Waals surface area contributed by atoms with E-state index in [0.29, 0.717) is 19.6 Å². The summed E-state index contributed by atoms with van der Waals surface area (Å²) in [4.78, 5) is 0. The van der Waals surface area contributed by atoms with Crippen molar-refractivity contribution in [3.63, 3.8) is 0 Å². The Balaban J connectivity index is 1.68. The van der Waals surface area contributed by atoms with E-state index < -0.39 is 10.0 Å². The van der Waals surface area contributed by atoms with E-state index in [4.69, 9.17) is 0 Å². The summed E-state index contributed by atoms with van der Waals surface area (Å²) in [6, 6.07) is 8.18. The molecule has 7 heteroatoms. The lowest BCUT2D eigenvalue weighted by Gasteiger charge is -2.30. The quantitative estimate of drug-likeness (QED) is 0.857. The first-order chi connectivity index (χ1) is 10.9. The summed E-state index contributed by atoms with van der Waals surface area (Å²) in [5.74, 6) is 0.283. The van der Waals surface area contributed by atoms with Crippen LogP contribution in [0.3, 0.4) is 0 Å². The minimum Gasteiger partial charge on any atom is -0.252 e. The SMILES string of the molecule is Cc1ccc(-c2cn(CC3CCCN(S(C)(=O)=O)C3)nn2)cc1. The van der Waals surface area contributed by atoms with Crippen molar-refractivity contribution in [3.05, 3.63) is 36.0 Å². The second kappa shape index (κ2) is 6.41. The number of piperidine rings is 1. The first-order valence-corrected chi connectivity index (χ1v) is 9.69. The summed E-state index contributed by atoms with van der Waals surface area (Å²) >= 11 is 0. The molecule has 0 N–H and O–H groups in total. The van der Waals surface area contributed by atoms with Crippen molar-refractivity contribution in [1.29, 1.82) is 0 Å². The molecule has 0 aliphatic carbocycles. The first kappa shape index (κ1) is 16.1. The highest BCUT2D eigenvalue weighted by molar-refractivity contribution is 7.88. The summed E-state index contributed by atoms with van der Waals surface area (Å²) in [5.41, 5.74) is 3.10. The molecule has 124 valence electrons. The molecule has 1 aliphatic heterocycles. The van der Waals surface area contributed by atoms with Crippen molar-refractivity contribution >= 4 is 10.0 Å². The van der Waals surface area contributed by atoms with Gasteiger partial charge in [-0.3, -0.25) is 4.68 Å². The molecular formula is C16H22N4O2S. The molecule has 6 nitrogen and oxygen atoms in total. The number of nitrogens with zero attached hydrogens (tertiary/aromatic N) is 4. The molecular weight excluding hydrogens is 312 g/mol. The number of aryl methyl sites for hydroxylation is 1. The molecule has 1 atom stereocenters. The molecule has 1 aliphatic rings. The third-order valence-electron chi connectivity index (χ3n) is 4.28. The lowest BCUT2D eigenvalue weighted by Crippen LogP contribution is -2.40.